The molecule has 0 unspecified atom stereocenters. The molecule has 10 nitrogen and oxygen atoms in total. The van der Waals surface area contributed by atoms with Crippen LogP contribution in [0.3, 0.4) is 0 Å². The van der Waals surface area contributed by atoms with Gasteiger partial charge in [0.05, 0.1) is 45.7 Å². The van der Waals surface area contributed by atoms with E-state index in [1.54, 1.807) is 6.07 Å². The maximum atomic E-state index is 13.6. The Morgan fingerprint density at radius 3 is 1.66 bits per heavy atom. The number of hydrazine groups is 1. The van der Waals surface area contributed by atoms with Crippen LogP contribution in [0, 0.1) is 0 Å². The van der Waals surface area contributed by atoms with E-state index in [0.717, 1.165) is 38.6 Å². The first-order chi connectivity index (χ1) is 30.0. The molecule has 1 aliphatic heterocycles. The van der Waals surface area contributed by atoms with E-state index in [0.29, 0.717) is 23.8 Å². The van der Waals surface area contributed by atoms with Gasteiger partial charge in [0.15, 0.2) is 5.76 Å². The Morgan fingerprint density at radius 2 is 1.08 bits per heavy atom. The van der Waals surface area contributed by atoms with Crippen molar-refractivity contribution in [2.24, 2.45) is 5.84 Å². The molecule has 7 aromatic rings. The monoisotopic (exact) mass is 816 g/mol. The predicted molar refractivity (Wildman–Crippen MR) is 230 cm³/mol. The Kier molecular flexibility index (Phi) is 13.8. The van der Waals surface area contributed by atoms with E-state index in [1.165, 1.54) is 12.3 Å². The van der Waals surface area contributed by atoms with E-state index >= 15 is 0 Å². The number of amides is 2. The minimum absolute atomic E-state index is 0.0323. The van der Waals surface area contributed by atoms with E-state index in [4.69, 9.17) is 33.9 Å². The number of carbonyl (C=O) groups excluding carboxylic acids is 2. The van der Waals surface area contributed by atoms with E-state index in [9.17, 15) is 9.59 Å². The highest BCUT2D eigenvalue weighted by Crippen LogP contribution is 2.41. The zero-order valence-corrected chi connectivity index (χ0v) is 33.7. The summed E-state index contributed by atoms with van der Waals surface area (Å²) in [6, 6.07) is 54.8. The summed E-state index contributed by atoms with van der Waals surface area (Å²) in [4.78, 5) is 26.6. The number of nitrogens with two attached hydrogens (primary N) is 1. The molecule has 1 fully saturated rings. The maximum Gasteiger partial charge on any atom is 0.310 e. The van der Waals surface area contributed by atoms with E-state index in [1.807, 2.05) is 158 Å². The molecule has 8 rings (SSSR count). The van der Waals surface area contributed by atoms with Crippen molar-refractivity contribution < 1.29 is 37.7 Å². The molecule has 0 aliphatic carbocycles. The summed E-state index contributed by atoms with van der Waals surface area (Å²) >= 11 is 0. The van der Waals surface area contributed by atoms with Crippen molar-refractivity contribution in [1.29, 1.82) is 0 Å². The fourth-order valence-corrected chi connectivity index (χ4v) is 7.67. The first kappa shape index (κ1) is 41.5. The number of imide groups is 1. The van der Waals surface area contributed by atoms with Crippen LogP contribution in [-0.4, -0.2) is 47.8 Å². The van der Waals surface area contributed by atoms with Gasteiger partial charge >= 0.3 is 5.91 Å². The molecule has 310 valence electrons. The first-order valence-corrected chi connectivity index (χ1v) is 20.4. The van der Waals surface area contributed by atoms with E-state index < -0.39 is 42.3 Å². The standard InChI is InChI=1S/C51H48N2O8/c52-53(51(55)44-26-15-27-57-44)46(54)30-40-28-41-24-13-14-25-42(41)43(29-40)47-49(59-33-38-20-9-3-10-21-38)50(60-34-39-22-11-4-12-23-39)48(58-32-37-18-7-2-8-19-37)45(61-47)35-56-31-36-16-5-1-6-17-36/h1-29,45,47-50H,30-35,52H2/t45-,47+,48-,49+,50+/m1/s1. The lowest BCUT2D eigenvalue weighted by molar-refractivity contribution is -0.274. The second-order valence-electron chi connectivity index (χ2n) is 15.0. The first-order valence-electron chi connectivity index (χ1n) is 20.4. The molecule has 0 radical (unpaired) electrons. The fourth-order valence-electron chi connectivity index (χ4n) is 7.67. The van der Waals surface area contributed by atoms with Crippen molar-refractivity contribution >= 4 is 22.6 Å². The second-order valence-corrected chi connectivity index (χ2v) is 15.0. The number of fused-ring (bicyclic) bond motifs is 1. The van der Waals surface area contributed by atoms with Gasteiger partial charge in [0.25, 0.3) is 0 Å². The van der Waals surface area contributed by atoms with Gasteiger partial charge in [-0.3, -0.25) is 9.59 Å². The number of benzene rings is 6. The number of hydrogen-bond donors (Lipinski definition) is 1. The number of rotatable bonds is 17. The largest absolute Gasteiger partial charge is 0.459 e. The summed E-state index contributed by atoms with van der Waals surface area (Å²) in [6.07, 6.45) is -2.17. The summed E-state index contributed by atoms with van der Waals surface area (Å²) in [5.74, 6) is 4.72. The molecule has 1 aliphatic rings. The molecule has 1 aromatic heterocycles. The Hall–Kier alpha value is -6.24. The average molecular weight is 817 g/mol. The normalized spacial score (nSPS) is 18.8. The molecular formula is C51H48N2O8. The van der Waals surface area contributed by atoms with Gasteiger partial charge in [-0.25, -0.2) is 10.9 Å². The van der Waals surface area contributed by atoms with Crippen molar-refractivity contribution in [2.75, 3.05) is 6.61 Å². The average Bonchev–Trinajstić information content (AvgIpc) is 3.86. The summed E-state index contributed by atoms with van der Waals surface area (Å²) < 4.78 is 39.8. The quantitative estimate of drug-likeness (QED) is 0.0546. The second kappa shape index (κ2) is 20.3. The van der Waals surface area contributed by atoms with E-state index in [2.05, 4.69) is 0 Å². The van der Waals surface area contributed by atoms with Crippen LogP contribution in [0.1, 0.15) is 50.0 Å². The zero-order valence-electron chi connectivity index (χ0n) is 33.7. The van der Waals surface area contributed by atoms with Gasteiger partial charge in [0, 0.05) is 0 Å². The number of hydrogen-bond acceptors (Lipinski definition) is 9. The highest BCUT2D eigenvalue weighted by Gasteiger charge is 2.49. The molecule has 1 saturated heterocycles. The van der Waals surface area contributed by atoms with Crippen molar-refractivity contribution in [2.45, 2.75) is 63.4 Å². The molecular weight excluding hydrogens is 769 g/mol. The number of nitrogens with zero attached hydrogens (tertiary/aromatic N) is 1. The Balaban J connectivity index is 1.20. The lowest BCUT2D eigenvalue weighted by atomic mass is 9.87. The van der Waals surface area contributed by atoms with Crippen molar-refractivity contribution in [3.8, 4) is 0 Å². The van der Waals surface area contributed by atoms with Crippen LogP contribution in [0.2, 0.25) is 0 Å². The van der Waals surface area contributed by atoms with Gasteiger partial charge in [-0.15, -0.1) is 0 Å². The van der Waals surface area contributed by atoms with E-state index in [-0.39, 0.29) is 32.0 Å². The van der Waals surface area contributed by atoms with Crippen LogP contribution in [0.15, 0.2) is 181 Å². The maximum absolute atomic E-state index is 13.6. The summed E-state index contributed by atoms with van der Waals surface area (Å²) in [7, 11) is 0. The highest BCUT2D eigenvalue weighted by molar-refractivity contribution is 6.03. The SMILES string of the molecule is NN(C(=O)Cc1cc([C@@H]2O[C@H](COCc3ccccc3)[C@@H](OCc3ccccc3)[C@H](OCc3ccccc3)[C@H]2OCc2ccccc2)c2ccccc2c1)C(=O)c1ccco1. The molecule has 2 amide bonds. The van der Waals surface area contributed by atoms with Gasteiger partial charge in [-0.05, 0) is 56.3 Å². The molecule has 0 bridgehead atoms. The third-order valence-corrected chi connectivity index (χ3v) is 10.7. The number of furan rings is 1. The summed E-state index contributed by atoms with van der Waals surface area (Å²) in [5, 5.41) is 2.37. The molecule has 6 aromatic carbocycles. The van der Waals surface area contributed by atoms with Gasteiger partial charge < -0.3 is 28.1 Å². The van der Waals surface area contributed by atoms with Crippen molar-refractivity contribution in [1.82, 2.24) is 5.01 Å². The fraction of sp³-hybridized carbons (Fsp3) is 0.216. The molecule has 10 heteroatoms. The van der Waals surface area contributed by atoms with Crippen molar-refractivity contribution in [3.63, 3.8) is 0 Å². The van der Waals surface area contributed by atoms with Crippen LogP contribution in [0.25, 0.3) is 10.8 Å². The van der Waals surface area contributed by atoms with Gasteiger partial charge in [0.1, 0.15) is 30.5 Å². The third-order valence-electron chi connectivity index (χ3n) is 10.7. The van der Waals surface area contributed by atoms with Gasteiger partial charge in [-0.1, -0.05) is 158 Å². The predicted octanol–water partition coefficient (Wildman–Crippen LogP) is 8.93. The molecule has 2 heterocycles. The number of carbonyl (C=O) groups is 2. The van der Waals surface area contributed by atoms with Crippen LogP contribution in [0.4, 0.5) is 0 Å². The zero-order chi connectivity index (χ0) is 41.8. The Labute approximate surface area is 355 Å². The van der Waals surface area contributed by atoms with Crippen LogP contribution in [0.5, 0.6) is 0 Å². The van der Waals surface area contributed by atoms with Crippen LogP contribution in [-0.2, 0) is 61.3 Å². The minimum Gasteiger partial charge on any atom is -0.459 e. The van der Waals surface area contributed by atoms with Crippen LogP contribution >= 0.6 is 0 Å². The summed E-state index contributed by atoms with van der Waals surface area (Å²) in [6.45, 7) is 1.42. The molecule has 0 saturated carbocycles. The molecule has 5 atom stereocenters. The minimum atomic E-state index is -0.737. The lowest BCUT2D eigenvalue weighted by Gasteiger charge is -2.46. The third kappa shape index (κ3) is 10.6. The lowest BCUT2D eigenvalue weighted by Crippen LogP contribution is -2.58. The Morgan fingerprint density at radius 1 is 0.557 bits per heavy atom. The Bertz CT molecular complexity index is 2450. The highest BCUT2D eigenvalue weighted by atomic mass is 16.6. The number of ether oxygens (including phenoxy) is 5. The topological polar surface area (TPSA) is 123 Å². The van der Waals surface area contributed by atoms with Crippen LogP contribution < -0.4 is 5.84 Å². The van der Waals surface area contributed by atoms with Gasteiger partial charge in [0.2, 0.25) is 5.91 Å². The molecule has 0 spiro atoms. The van der Waals surface area contributed by atoms with Gasteiger partial charge in [-0.2, -0.15) is 0 Å². The smallest absolute Gasteiger partial charge is 0.310 e. The molecule has 2 N–H and O–H groups in total. The van der Waals surface area contributed by atoms with Crippen molar-refractivity contribution in [3.05, 3.63) is 215 Å². The molecule has 61 heavy (non-hydrogen) atoms. The summed E-state index contributed by atoms with van der Waals surface area (Å²) in [5.41, 5.74) is 5.41.